The zero-order valence-electron chi connectivity index (χ0n) is 41.9. The van der Waals surface area contributed by atoms with E-state index >= 15 is 0 Å². The molecule has 17 nitrogen and oxygen atoms in total. The standard InChI is InChI=1S/2C6H12O3.C6H14O.2C5H10O3.C5H12OS.C4H10O2.C4H10OS/c1-4-9-5(2)6(7)8-3;1-4-8-6(3)9-5(2)7;1-4-6(3)7-5-2;1-4(7-2)5(6)8-3;1-4(6)8-5(2)7-3;1-4-6-5(2)7-3;2*1-4(5-2)6-3/h5H,4H2,1-3H3;6H,4H2,1-3H3;6H,4-5H2,1-3H3;4H,1-3H3;5H,1-3H3;5H,4H2,1-3H3;2*4H,1-3H3. The van der Waals surface area contributed by atoms with Crippen molar-refractivity contribution >= 4 is 47.4 Å². The minimum absolute atomic E-state index is 0.0648. The second-order valence-electron chi connectivity index (χ2n) is 11.1. The number of carbonyl (C=O) groups is 4. The number of esters is 4. The van der Waals surface area contributed by atoms with Gasteiger partial charge in [-0.2, -0.15) is 0 Å². The van der Waals surface area contributed by atoms with Crippen LogP contribution in [0.3, 0.4) is 0 Å². The van der Waals surface area contributed by atoms with Gasteiger partial charge in [-0.25, -0.2) is 9.59 Å². The van der Waals surface area contributed by atoms with Gasteiger partial charge in [0.25, 0.3) is 0 Å². The molecular formula is C41H90O17S2. The Bertz CT molecular complexity index is 845. The van der Waals surface area contributed by atoms with Crippen LogP contribution in [0.5, 0.6) is 0 Å². The van der Waals surface area contributed by atoms with Gasteiger partial charge in [-0.15, -0.1) is 23.5 Å². The molecule has 0 aromatic carbocycles. The highest BCUT2D eigenvalue weighted by Gasteiger charge is 2.11. The first-order chi connectivity index (χ1) is 28.0. The van der Waals surface area contributed by atoms with E-state index in [0.717, 1.165) is 19.6 Å². The molecule has 0 aromatic heterocycles. The van der Waals surface area contributed by atoms with Crippen LogP contribution >= 0.6 is 23.5 Å². The van der Waals surface area contributed by atoms with Gasteiger partial charge in [0.15, 0.2) is 31.1 Å². The van der Waals surface area contributed by atoms with E-state index in [9.17, 15) is 19.2 Å². The lowest BCUT2D eigenvalue weighted by atomic mass is 10.3. The van der Waals surface area contributed by atoms with Crippen molar-refractivity contribution in [3.8, 4) is 0 Å². The van der Waals surface area contributed by atoms with Crippen LogP contribution in [-0.4, -0.2) is 161 Å². The zero-order valence-corrected chi connectivity index (χ0v) is 43.5. The van der Waals surface area contributed by atoms with Crippen LogP contribution in [0.25, 0.3) is 0 Å². The van der Waals surface area contributed by atoms with Crippen LogP contribution in [-0.2, 0) is 80.8 Å². The van der Waals surface area contributed by atoms with Gasteiger partial charge < -0.3 is 61.6 Å². The van der Waals surface area contributed by atoms with Crippen LogP contribution in [0.15, 0.2) is 0 Å². The molecule has 60 heavy (non-hydrogen) atoms. The van der Waals surface area contributed by atoms with Crippen molar-refractivity contribution in [2.45, 2.75) is 158 Å². The van der Waals surface area contributed by atoms with Gasteiger partial charge in [0.2, 0.25) is 0 Å². The van der Waals surface area contributed by atoms with Gasteiger partial charge >= 0.3 is 23.9 Å². The number of ether oxygens (including phenoxy) is 13. The predicted molar refractivity (Wildman–Crippen MR) is 242 cm³/mol. The molecule has 0 aliphatic rings. The third-order valence-corrected chi connectivity index (χ3v) is 7.98. The normalized spacial score (nSPS) is 13.0. The minimum Gasteiger partial charge on any atom is -0.467 e. The first-order valence-electron chi connectivity index (χ1n) is 19.7. The van der Waals surface area contributed by atoms with Crippen molar-refractivity contribution in [1.29, 1.82) is 0 Å². The van der Waals surface area contributed by atoms with E-state index in [1.54, 1.807) is 72.5 Å². The van der Waals surface area contributed by atoms with Gasteiger partial charge in [0.05, 0.1) is 31.2 Å². The molecule has 368 valence electrons. The van der Waals surface area contributed by atoms with Crippen molar-refractivity contribution in [2.75, 3.05) is 88.7 Å². The first-order valence-corrected chi connectivity index (χ1v) is 22.2. The molecule has 0 radical (unpaired) electrons. The molecule has 0 saturated heterocycles. The number of thioether (sulfide) groups is 2. The maximum absolute atomic E-state index is 10.6. The van der Waals surface area contributed by atoms with E-state index < -0.39 is 24.8 Å². The van der Waals surface area contributed by atoms with Crippen LogP contribution in [0.2, 0.25) is 0 Å². The van der Waals surface area contributed by atoms with E-state index in [1.807, 2.05) is 61.0 Å². The maximum atomic E-state index is 10.6. The molecule has 7 atom stereocenters. The average molecular weight is 919 g/mol. The summed E-state index contributed by atoms with van der Waals surface area (Å²) in [6.07, 6.45) is 3.86. The molecule has 0 rings (SSSR count). The molecule has 0 fully saturated rings. The Morgan fingerprint density at radius 3 is 0.967 bits per heavy atom. The smallest absolute Gasteiger partial charge is 0.334 e. The lowest BCUT2D eigenvalue weighted by Gasteiger charge is -2.09. The summed E-state index contributed by atoms with van der Waals surface area (Å²) in [5.74, 6) is -1.29. The quantitative estimate of drug-likeness (QED) is 0.0654. The van der Waals surface area contributed by atoms with Crippen LogP contribution in [0.4, 0.5) is 0 Å². The first kappa shape index (κ1) is 75.6. The molecule has 0 heterocycles. The Kier molecular flexibility index (Phi) is 77.5. The zero-order chi connectivity index (χ0) is 49.1. The molecule has 0 saturated carbocycles. The lowest BCUT2D eigenvalue weighted by molar-refractivity contribution is -0.171. The predicted octanol–water partition coefficient (Wildman–Crippen LogP) is 7.77. The Hall–Kier alpha value is -1.78. The highest BCUT2D eigenvalue weighted by molar-refractivity contribution is 7.99. The lowest BCUT2D eigenvalue weighted by Crippen LogP contribution is -2.21. The van der Waals surface area contributed by atoms with Crippen molar-refractivity contribution in [3.05, 3.63) is 0 Å². The summed E-state index contributed by atoms with van der Waals surface area (Å²) < 4.78 is 61.5. The van der Waals surface area contributed by atoms with Gasteiger partial charge in [-0.3, -0.25) is 9.59 Å². The van der Waals surface area contributed by atoms with E-state index in [-0.39, 0.29) is 30.2 Å². The van der Waals surface area contributed by atoms with E-state index in [2.05, 4.69) is 51.7 Å². The molecule has 0 spiro atoms. The second kappa shape index (κ2) is 61.5. The van der Waals surface area contributed by atoms with Crippen molar-refractivity contribution < 1.29 is 80.8 Å². The Balaban J connectivity index is -0.0000000862. The monoisotopic (exact) mass is 919 g/mol. The molecule has 0 N–H and O–H groups in total. The number of carbonyl (C=O) groups excluding carboxylic acids is 4. The highest BCUT2D eigenvalue weighted by Crippen LogP contribution is 2.05. The van der Waals surface area contributed by atoms with Gasteiger partial charge in [-0.1, -0.05) is 6.92 Å². The van der Waals surface area contributed by atoms with E-state index in [1.165, 1.54) is 42.3 Å². The van der Waals surface area contributed by atoms with Gasteiger partial charge in [0.1, 0.15) is 0 Å². The van der Waals surface area contributed by atoms with E-state index in [0.29, 0.717) is 30.2 Å². The fourth-order valence-electron chi connectivity index (χ4n) is 2.43. The van der Waals surface area contributed by atoms with Crippen molar-refractivity contribution in [2.24, 2.45) is 0 Å². The summed E-state index contributed by atoms with van der Waals surface area (Å²) in [5, 5.41) is 0. The molecule has 0 bridgehead atoms. The topological polar surface area (TPSA) is 188 Å². The Morgan fingerprint density at radius 2 is 0.800 bits per heavy atom. The van der Waals surface area contributed by atoms with Crippen LogP contribution in [0.1, 0.15) is 110 Å². The van der Waals surface area contributed by atoms with Crippen LogP contribution in [0, 0.1) is 0 Å². The number of methoxy groups -OCH3 is 7. The van der Waals surface area contributed by atoms with Gasteiger partial charge in [-0.05, 0) is 102 Å². The van der Waals surface area contributed by atoms with Crippen molar-refractivity contribution in [3.63, 3.8) is 0 Å². The summed E-state index contributed by atoms with van der Waals surface area (Å²) in [5.41, 5.74) is 0.718. The minimum atomic E-state index is -0.444. The molecule has 0 aliphatic heterocycles. The summed E-state index contributed by atoms with van der Waals surface area (Å²) >= 11 is 3.43. The van der Waals surface area contributed by atoms with Gasteiger partial charge in [0, 0.05) is 75.8 Å². The summed E-state index contributed by atoms with van der Waals surface area (Å²) in [6.45, 7) is 29.9. The van der Waals surface area contributed by atoms with E-state index in [4.69, 9.17) is 23.7 Å². The number of rotatable bonds is 20. The Labute approximate surface area is 374 Å². The number of hydrogen-bond acceptors (Lipinski definition) is 19. The number of hydrogen-bond donors (Lipinski definition) is 0. The molecule has 0 aliphatic carbocycles. The summed E-state index contributed by atoms with van der Waals surface area (Å²) in [4.78, 5) is 41.3. The summed E-state index contributed by atoms with van der Waals surface area (Å²) in [6, 6.07) is 0. The fourth-order valence-corrected chi connectivity index (χ4v) is 2.89. The molecule has 19 heteroatoms. The molecular weight excluding hydrogens is 829 g/mol. The van der Waals surface area contributed by atoms with Crippen LogP contribution < -0.4 is 0 Å². The average Bonchev–Trinajstić information content (AvgIpc) is 3.23. The second-order valence-corrected chi connectivity index (χ2v) is 13.3. The maximum Gasteiger partial charge on any atom is 0.334 e. The van der Waals surface area contributed by atoms with Crippen molar-refractivity contribution in [1.82, 2.24) is 0 Å². The summed E-state index contributed by atoms with van der Waals surface area (Å²) in [7, 11) is 10.5. The SMILES string of the molecule is CCOC(C)C(=O)OC.CCOC(C)CC.CCOC(C)OC(C)=O.CCOC(C)SC.COC(=O)C(C)OC.COC(C)OC.COC(C)OC(C)=O.COC(C)SC. The molecule has 7 unspecified atom stereocenters. The largest absolute Gasteiger partial charge is 0.467 e. The molecule has 0 aromatic rings. The third-order valence-electron chi connectivity index (χ3n) is 6.32. The third kappa shape index (κ3) is 80.2. The Morgan fingerprint density at radius 1 is 0.433 bits per heavy atom. The fraction of sp³-hybridized carbons (Fsp3) is 0.902. The molecule has 0 amide bonds. The highest BCUT2D eigenvalue weighted by atomic mass is 32.2.